The zero-order valence-electron chi connectivity index (χ0n) is 13.9. The van der Waals surface area contributed by atoms with Crippen LogP contribution in [-0.2, 0) is 12.8 Å². The molecule has 0 unspecified atom stereocenters. The second kappa shape index (κ2) is 5.97. The molecule has 24 heavy (non-hydrogen) atoms. The van der Waals surface area contributed by atoms with Crippen LogP contribution in [0.15, 0.2) is 9.90 Å². The number of hydrogen-bond acceptors (Lipinski definition) is 6. The average Bonchev–Trinajstić information content (AvgIpc) is 3.24. The summed E-state index contributed by atoms with van der Waals surface area (Å²) in [6, 6.07) is -0.341. The number of rotatable bonds is 2. The SMILES string of the molecule is Cc1noc([C@H]2C[C@H](O)CN2C(=O)c2csc3c2CC[C@H](C)C3)n1. The fourth-order valence-corrected chi connectivity index (χ4v) is 4.97. The predicted molar refractivity (Wildman–Crippen MR) is 88.9 cm³/mol. The highest BCUT2D eigenvalue weighted by atomic mass is 32.1. The molecule has 6 nitrogen and oxygen atoms in total. The van der Waals surface area contributed by atoms with Crippen molar-refractivity contribution in [1.29, 1.82) is 0 Å². The molecule has 2 aliphatic rings. The Morgan fingerprint density at radius 3 is 3.08 bits per heavy atom. The first kappa shape index (κ1) is 15.8. The lowest BCUT2D eigenvalue weighted by Gasteiger charge is -2.23. The van der Waals surface area contributed by atoms with Gasteiger partial charge in [0.25, 0.3) is 5.91 Å². The van der Waals surface area contributed by atoms with Gasteiger partial charge >= 0.3 is 0 Å². The van der Waals surface area contributed by atoms with Crippen LogP contribution < -0.4 is 0 Å². The quantitative estimate of drug-likeness (QED) is 0.903. The number of likely N-dealkylation sites (tertiary alicyclic amines) is 1. The Morgan fingerprint density at radius 2 is 2.33 bits per heavy atom. The number of aliphatic hydroxyl groups is 1. The van der Waals surface area contributed by atoms with E-state index in [4.69, 9.17) is 4.52 Å². The van der Waals surface area contributed by atoms with Crippen LogP contribution >= 0.6 is 11.3 Å². The van der Waals surface area contributed by atoms with Gasteiger partial charge in [-0.2, -0.15) is 4.98 Å². The third kappa shape index (κ3) is 2.65. The first-order valence-electron chi connectivity index (χ1n) is 8.41. The van der Waals surface area contributed by atoms with E-state index in [2.05, 4.69) is 17.1 Å². The molecule has 7 heteroatoms. The average molecular weight is 347 g/mol. The zero-order valence-corrected chi connectivity index (χ0v) is 14.7. The van der Waals surface area contributed by atoms with Crippen molar-refractivity contribution in [3.63, 3.8) is 0 Å². The largest absolute Gasteiger partial charge is 0.391 e. The van der Waals surface area contributed by atoms with Crippen molar-refractivity contribution in [1.82, 2.24) is 15.0 Å². The van der Waals surface area contributed by atoms with Gasteiger partial charge in [0.1, 0.15) is 6.04 Å². The summed E-state index contributed by atoms with van der Waals surface area (Å²) in [5, 5.41) is 15.9. The summed E-state index contributed by atoms with van der Waals surface area (Å²) in [5.74, 6) is 1.61. The fourth-order valence-electron chi connectivity index (χ4n) is 3.73. The van der Waals surface area contributed by atoms with Crippen LogP contribution in [0.5, 0.6) is 0 Å². The Morgan fingerprint density at radius 1 is 1.50 bits per heavy atom. The summed E-state index contributed by atoms with van der Waals surface area (Å²) < 4.78 is 5.26. The molecule has 128 valence electrons. The van der Waals surface area contributed by atoms with Gasteiger partial charge in [-0.1, -0.05) is 12.1 Å². The minimum atomic E-state index is -0.555. The molecular weight excluding hydrogens is 326 g/mol. The monoisotopic (exact) mass is 347 g/mol. The van der Waals surface area contributed by atoms with Crippen molar-refractivity contribution in [3.05, 3.63) is 33.1 Å². The van der Waals surface area contributed by atoms with Crippen molar-refractivity contribution in [2.24, 2.45) is 5.92 Å². The first-order chi connectivity index (χ1) is 11.5. The van der Waals surface area contributed by atoms with E-state index in [1.54, 1.807) is 23.2 Å². The summed E-state index contributed by atoms with van der Waals surface area (Å²) >= 11 is 1.68. The number of β-amino-alcohol motifs (C(OH)–C–C–N with tert-alkyl or cyclic N) is 1. The van der Waals surface area contributed by atoms with E-state index in [1.165, 1.54) is 10.4 Å². The highest BCUT2D eigenvalue weighted by Crippen LogP contribution is 2.37. The van der Waals surface area contributed by atoms with E-state index in [9.17, 15) is 9.90 Å². The molecular formula is C17H21N3O3S. The molecule has 2 aromatic rings. The Labute approximate surface area is 144 Å². The van der Waals surface area contributed by atoms with Crippen molar-refractivity contribution in [2.75, 3.05) is 6.54 Å². The van der Waals surface area contributed by atoms with Crippen LogP contribution in [-0.4, -0.2) is 38.7 Å². The number of aliphatic hydroxyl groups excluding tert-OH is 1. The van der Waals surface area contributed by atoms with Gasteiger partial charge < -0.3 is 14.5 Å². The zero-order chi connectivity index (χ0) is 16.8. The minimum absolute atomic E-state index is 0.0283. The lowest BCUT2D eigenvalue weighted by molar-refractivity contribution is 0.0692. The normalized spacial score (nSPS) is 26.6. The molecule has 2 aromatic heterocycles. The van der Waals surface area contributed by atoms with Gasteiger partial charge in [0.15, 0.2) is 5.82 Å². The lowest BCUT2D eigenvalue weighted by Crippen LogP contribution is -2.32. The third-order valence-corrected chi connectivity index (χ3v) is 6.05. The number of hydrogen-bond donors (Lipinski definition) is 1. The van der Waals surface area contributed by atoms with Crippen molar-refractivity contribution < 1.29 is 14.4 Å². The highest BCUT2D eigenvalue weighted by molar-refractivity contribution is 7.10. The van der Waals surface area contributed by atoms with E-state index in [1.807, 2.05) is 5.38 Å². The van der Waals surface area contributed by atoms with Gasteiger partial charge in [-0.15, -0.1) is 11.3 Å². The molecule has 1 saturated heterocycles. The smallest absolute Gasteiger partial charge is 0.255 e. The maximum atomic E-state index is 13.1. The van der Waals surface area contributed by atoms with E-state index in [-0.39, 0.29) is 11.9 Å². The van der Waals surface area contributed by atoms with Gasteiger partial charge in [-0.05, 0) is 37.7 Å². The Hall–Kier alpha value is -1.73. The van der Waals surface area contributed by atoms with Crippen molar-refractivity contribution in [2.45, 2.75) is 51.7 Å². The molecule has 0 spiro atoms. The second-order valence-electron chi connectivity index (χ2n) is 6.94. The third-order valence-electron chi connectivity index (χ3n) is 5.00. The molecule has 1 fully saturated rings. The van der Waals surface area contributed by atoms with Crippen LogP contribution in [0.25, 0.3) is 0 Å². The maximum absolute atomic E-state index is 13.1. The van der Waals surface area contributed by atoms with Gasteiger partial charge in [-0.25, -0.2) is 0 Å². The second-order valence-corrected chi connectivity index (χ2v) is 7.91. The molecule has 1 aliphatic carbocycles. The van der Waals surface area contributed by atoms with Gasteiger partial charge in [0.2, 0.25) is 5.89 Å². The standard InChI is InChI=1S/C17H21N3O3S/c1-9-3-4-12-13(8-24-15(12)5-9)17(22)20-7-11(21)6-14(20)16-18-10(2)19-23-16/h8-9,11,14,21H,3-7H2,1-2H3/t9-,11-,14+/m0/s1. The number of fused-ring (bicyclic) bond motifs is 1. The summed E-state index contributed by atoms with van der Waals surface area (Å²) in [5.41, 5.74) is 1.99. The number of thiophene rings is 1. The van der Waals surface area contributed by atoms with Gasteiger partial charge in [0, 0.05) is 23.2 Å². The Balaban J connectivity index is 1.63. The molecule has 1 N–H and O–H groups in total. The fraction of sp³-hybridized carbons (Fsp3) is 0.588. The van der Waals surface area contributed by atoms with E-state index >= 15 is 0 Å². The molecule has 3 heterocycles. The Bertz CT molecular complexity index is 769. The molecule has 1 aliphatic heterocycles. The molecule has 4 rings (SSSR count). The number of carbonyl (C=O) groups is 1. The topological polar surface area (TPSA) is 79.5 Å². The van der Waals surface area contributed by atoms with E-state index < -0.39 is 6.10 Å². The molecule has 0 radical (unpaired) electrons. The summed E-state index contributed by atoms with van der Waals surface area (Å²) in [6.07, 6.45) is 3.03. The van der Waals surface area contributed by atoms with Gasteiger partial charge in [-0.3, -0.25) is 4.79 Å². The summed E-state index contributed by atoms with van der Waals surface area (Å²) in [7, 11) is 0. The van der Waals surface area contributed by atoms with Crippen LogP contribution in [0.2, 0.25) is 0 Å². The number of carbonyl (C=O) groups excluding carboxylic acids is 1. The summed E-state index contributed by atoms with van der Waals surface area (Å²) in [6.45, 7) is 4.32. The van der Waals surface area contributed by atoms with Crippen LogP contribution in [0.1, 0.15) is 58.3 Å². The van der Waals surface area contributed by atoms with Crippen molar-refractivity contribution >= 4 is 17.2 Å². The number of nitrogens with zero attached hydrogens (tertiary/aromatic N) is 3. The molecule has 0 bridgehead atoms. The van der Waals surface area contributed by atoms with E-state index in [0.717, 1.165) is 24.8 Å². The molecule has 0 aromatic carbocycles. The number of aromatic nitrogens is 2. The van der Waals surface area contributed by atoms with E-state index in [0.29, 0.717) is 30.6 Å². The predicted octanol–water partition coefficient (Wildman–Crippen LogP) is 2.51. The highest BCUT2D eigenvalue weighted by Gasteiger charge is 2.40. The molecule has 1 amide bonds. The maximum Gasteiger partial charge on any atom is 0.255 e. The van der Waals surface area contributed by atoms with Gasteiger partial charge in [0.05, 0.1) is 11.7 Å². The van der Waals surface area contributed by atoms with Crippen LogP contribution in [0.3, 0.4) is 0 Å². The minimum Gasteiger partial charge on any atom is -0.391 e. The lowest BCUT2D eigenvalue weighted by atomic mass is 9.88. The van der Waals surface area contributed by atoms with Crippen LogP contribution in [0.4, 0.5) is 0 Å². The molecule has 3 atom stereocenters. The summed E-state index contributed by atoms with van der Waals surface area (Å²) in [4.78, 5) is 20.4. The first-order valence-corrected chi connectivity index (χ1v) is 9.29. The van der Waals surface area contributed by atoms with Crippen LogP contribution in [0, 0.1) is 12.8 Å². The number of amides is 1. The number of aryl methyl sites for hydroxylation is 1. The Kier molecular flexibility index (Phi) is 3.92. The molecule has 0 saturated carbocycles. The van der Waals surface area contributed by atoms with Crippen molar-refractivity contribution in [3.8, 4) is 0 Å².